The van der Waals surface area contributed by atoms with E-state index in [2.05, 4.69) is 21.5 Å². The maximum Gasteiger partial charge on any atom is 0.227 e. The fourth-order valence-electron chi connectivity index (χ4n) is 2.25. The van der Waals surface area contributed by atoms with Crippen molar-refractivity contribution in [2.75, 3.05) is 19.7 Å². The van der Waals surface area contributed by atoms with Crippen LogP contribution in [0.2, 0.25) is 10.0 Å². The fraction of sp³-hybridized carbons (Fsp3) is 0.333. The normalized spacial score (nSPS) is 13.5. The van der Waals surface area contributed by atoms with Gasteiger partial charge in [-0.3, -0.25) is 0 Å². The largest absolute Gasteiger partial charge is 0.487 e. The molecule has 0 radical (unpaired) electrons. The topological polar surface area (TPSA) is 60.2 Å². The molecule has 0 unspecified atom stereocenters. The van der Waals surface area contributed by atoms with Crippen LogP contribution in [0, 0.1) is 6.92 Å². The minimum absolute atomic E-state index is 0.515. The number of nitrogens with zero attached hydrogens (tertiary/aromatic N) is 2. The maximum absolute atomic E-state index is 6.11. The molecule has 1 aliphatic heterocycles. The Bertz CT molecular complexity index is 713. The number of halogens is 2. The van der Waals surface area contributed by atoms with Crippen LogP contribution in [0.3, 0.4) is 0 Å². The summed E-state index contributed by atoms with van der Waals surface area (Å²) in [6, 6.07) is 3.54. The first-order valence-electron chi connectivity index (χ1n) is 6.93. The van der Waals surface area contributed by atoms with Crippen LogP contribution in [0.15, 0.2) is 22.2 Å². The molecule has 0 saturated carbocycles. The highest BCUT2D eigenvalue weighted by molar-refractivity contribution is 6.36. The van der Waals surface area contributed by atoms with E-state index in [0.29, 0.717) is 40.5 Å². The highest BCUT2D eigenvalue weighted by atomic mass is 35.5. The van der Waals surface area contributed by atoms with E-state index in [-0.39, 0.29) is 0 Å². The third-order valence-electron chi connectivity index (χ3n) is 3.24. The van der Waals surface area contributed by atoms with Crippen LogP contribution in [0.4, 0.5) is 0 Å². The minimum Gasteiger partial charge on any atom is -0.487 e. The number of hydrogen-bond acceptors (Lipinski definition) is 5. The zero-order valence-corrected chi connectivity index (χ0v) is 13.5. The molecule has 1 aromatic heterocycles. The first kappa shape index (κ1) is 15.3. The van der Waals surface area contributed by atoms with E-state index < -0.39 is 0 Å². The Morgan fingerprint density at radius 2 is 2.18 bits per heavy atom. The SMILES string of the molecule is Cc1noc(CCNCC2=Cc3cc(Cl)cc(Cl)c3OC2)n1. The van der Waals surface area contributed by atoms with Gasteiger partial charge in [0.2, 0.25) is 5.89 Å². The molecule has 0 spiro atoms. The number of aryl methyl sites for hydroxylation is 1. The van der Waals surface area contributed by atoms with Crippen molar-refractivity contribution in [3.05, 3.63) is 45.0 Å². The Balaban J connectivity index is 1.56. The van der Waals surface area contributed by atoms with Crippen LogP contribution in [0.1, 0.15) is 17.3 Å². The van der Waals surface area contributed by atoms with E-state index in [9.17, 15) is 0 Å². The van der Waals surface area contributed by atoms with Crippen molar-refractivity contribution >= 4 is 29.3 Å². The monoisotopic (exact) mass is 339 g/mol. The molecule has 3 rings (SSSR count). The summed E-state index contributed by atoms with van der Waals surface area (Å²) in [6.07, 6.45) is 2.75. The average molecular weight is 340 g/mol. The minimum atomic E-state index is 0.515. The van der Waals surface area contributed by atoms with Crippen molar-refractivity contribution in [1.82, 2.24) is 15.5 Å². The molecule has 0 atom stereocenters. The highest BCUT2D eigenvalue weighted by Gasteiger charge is 2.15. The summed E-state index contributed by atoms with van der Waals surface area (Å²) in [5, 5.41) is 8.23. The molecule has 0 amide bonds. The van der Waals surface area contributed by atoms with Gasteiger partial charge in [0.15, 0.2) is 5.82 Å². The second-order valence-corrected chi connectivity index (χ2v) is 5.90. The smallest absolute Gasteiger partial charge is 0.227 e. The fourth-order valence-corrected chi connectivity index (χ4v) is 2.82. The molecule has 2 heterocycles. The number of fused-ring (bicyclic) bond motifs is 1. The van der Waals surface area contributed by atoms with Gasteiger partial charge in [0.1, 0.15) is 12.4 Å². The lowest BCUT2D eigenvalue weighted by atomic mass is 10.1. The van der Waals surface area contributed by atoms with Gasteiger partial charge in [0.25, 0.3) is 0 Å². The summed E-state index contributed by atoms with van der Waals surface area (Å²) >= 11 is 12.1. The van der Waals surface area contributed by atoms with E-state index in [1.807, 2.05) is 6.07 Å². The molecule has 0 saturated heterocycles. The van der Waals surface area contributed by atoms with Gasteiger partial charge < -0.3 is 14.6 Å². The third-order valence-corrected chi connectivity index (χ3v) is 3.73. The molecule has 7 heteroatoms. The second kappa shape index (κ2) is 6.69. The van der Waals surface area contributed by atoms with Gasteiger partial charge in [-0.15, -0.1) is 0 Å². The molecule has 1 aromatic carbocycles. The molecule has 0 aliphatic carbocycles. The molecule has 5 nitrogen and oxygen atoms in total. The Kier molecular flexibility index (Phi) is 4.66. The summed E-state index contributed by atoms with van der Waals surface area (Å²) in [4.78, 5) is 4.16. The Hall–Kier alpha value is -1.56. The van der Waals surface area contributed by atoms with Gasteiger partial charge in [-0.05, 0) is 30.7 Å². The van der Waals surface area contributed by atoms with Crippen molar-refractivity contribution < 1.29 is 9.26 Å². The summed E-state index contributed by atoms with van der Waals surface area (Å²) in [7, 11) is 0. The van der Waals surface area contributed by atoms with E-state index in [4.69, 9.17) is 32.5 Å². The standard InChI is InChI=1S/C15H15Cl2N3O2/c1-9-19-14(22-20-9)2-3-18-7-10-4-11-5-12(16)6-13(17)15(11)21-8-10/h4-6,18H,2-3,7-8H2,1H3. The summed E-state index contributed by atoms with van der Waals surface area (Å²) < 4.78 is 10.8. The zero-order valence-electron chi connectivity index (χ0n) is 12.0. The quantitative estimate of drug-likeness (QED) is 0.847. The molecule has 0 bridgehead atoms. The number of benzene rings is 1. The van der Waals surface area contributed by atoms with Crippen LogP contribution in [-0.4, -0.2) is 29.8 Å². The Morgan fingerprint density at radius 1 is 1.32 bits per heavy atom. The molecule has 1 aliphatic rings. The highest BCUT2D eigenvalue weighted by Crippen LogP contribution is 2.36. The molecular weight excluding hydrogens is 325 g/mol. The number of hydrogen-bond donors (Lipinski definition) is 1. The summed E-state index contributed by atoms with van der Waals surface area (Å²) in [6.45, 7) is 3.79. The predicted octanol–water partition coefficient (Wildman–Crippen LogP) is 3.29. The van der Waals surface area contributed by atoms with Crippen molar-refractivity contribution in [1.29, 1.82) is 0 Å². The van der Waals surface area contributed by atoms with Crippen LogP contribution in [0.5, 0.6) is 5.75 Å². The second-order valence-electron chi connectivity index (χ2n) is 5.06. The zero-order chi connectivity index (χ0) is 15.5. The average Bonchev–Trinajstić information content (AvgIpc) is 2.88. The number of ether oxygens (including phenoxy) is 1. The van der Waals surface area contributed by atoms with E-state index in [0.717, 1.165) is 24.2 Å². The van der Waals surface area contributed by atoms with E-state index in [1.54, 1.807) is 13.0 Å². The van der Waals surface area contributed by atoms with Crippen LogP contribution < -0.4 is 10.1 Å². The lowest BCUT2D eigenvalue weighted by molar-refractivity contribution is 0.342. The summed E-state index contributed by atoms with van der Waals surface area (Å²) in [5.74, 6) is 1.99. The van der Waals surface area contributed by atoms with Crippen LogP contribution in [-0.2, 0) is 6.42 Å². The number of nitrogens with one attached hydrogen (secondary N) is 1. The van der Waals surface area contributed by atoms with Crippen molar-refractivity contribution in [2.24, 2.45) is 0 Å². The third kappa shape index (κ3) is 3.61. The lowest BCUT2D eigenvalue weighted by Gasteiger charge is -2.19. The molecule has 22 heavy (non-hydrogen) atoms. The van der Waals surface area contributed by atoms with Gasteiger partial charge in [0, 0.05) is 30.1 Å². The number of rotatable bonds is 5. The molecule has 116 valence electrons. The summed E-state index contributed by atoms with van der Waals surface area (Å²) in [5.41, 5.74) is 2.04. The molecular formula is C15H15Cl2N3O2. The van der Waals surface area contributed by atoms with Gasteiger partial charge in [-0.1, -0.05) is 28.4 Å². The molecule has 1 N–H and O–H groups in total. The lowest BCUT2D eigenvalue weighted by Crippen LogP contribution is -2.23. The first-order valence-corrected chi connectivity index (χ1v) is 7.68. The van der Waals surface area contributed by atoms with Gasteiger partial charge in [-0.2, -0.15) is 4.98 Å². The van der Waals surface area contributed by atoms with E-state index >= 15 is 0 Å². The van der Waals surface area contributed by atoms with Gasteiger partial charge in [-0.25, -0.2) is 0 Å². The first-order chi connectivity index (χ1) is 10.6. The Morgan fingerprint density at radius 3 is 2.95 bits per heavy atom. The molecule has 2 aromatic rings. The van der Waals surface area contributed by atoms with Crippen LogP contribution >= 0.6 is 23.2 Å². The van der Waals surface area contributed by atoms with E-state index in [1.165, 1.54) is 0 Å². The predicted molar refractivity (Wildman–Crippen MR) is 85.5 cm³/mol. The van der Waals surface area contributed by atoms with Crippen molar-refractivity contribution in [3.63, 3.8) is 0 Å². The van der Waals surface area contributed by atoms with Gasteiger partial charge in [0.05, 0.1) is 5.02 Å². The van der Waals surface area contributed by atoms with Crippen LogP contribution in [0.25, 0.3) is 6.08 Å². The Labute approximate surface area is 138 Å². The van der Waals surface area contributed by atoms with Crippen molar-refractivity contribution in [3.8, 4) is 5.75 Å². The van der Waals surface area contributed by atoms with Crippen molar-refractivity contribution in [2.45, 2.75) is 13.3 Å². The number of aromatic nitrogens is 2. The molecule has 0 fully saturated rings. The maximum atomic E-state index is 6.11. The van der Waals surface area contributed by atoms with Gasteiger partial charge >= 0.3 is 0 Å².